The number of sulfonamides is 1. The molecule has 0 aliphatic rings. The first-order chi connectivity index (χ1) is 15.2. The molecule has 0 atom stereocenters. The Bertz CT molecular complexity index is 1230. The van der Waals surface area contributed by atoms with Gasteiger partial charge in [-0.2, -0.15) is 9.41 Å². The van der Waals surface area contributed by atoms with Crippen molar-refractivity contribution in [1.82, 2.24) is 9.73 Å². The number of carbonyl (C=O) groups excluding carboxylic acids is 1. The molecule has 166 valence electrons. The van der Waals surface area contributed by atoms with Gasteiger partial charge in [-0.3, -0.25) is 4.79 Å². The minimum absolute atomic E-state index is 0.197. The fraction of sp³-hybridized carbons (Fsp3) is 0.200. The van der Waals surface area contributed by atoms with Crippen LogP contribution in [0.3, 0.4) is 0 Å². The molecule has 32 heavy (non-hydrogen) atoms. The number of nitrogens with zero attached hydrogens (tertiary/aromatic N) is 2. The fourth-order valence-corrected chi connectivity index (χ4v) is 4.28. The third kappa shape index (κ3) is 5.69. The third-order valence-corrected chi connectivity index (χ3v) is 6.97. The summed E-state index contributed by atoms with van der Waals surface area (Å²) in [4.78, 5) is 12.6. The largest absolute Gasteiger partial charge is 0.271 e. The van der Waals surface area contributed by atoms with Crippen LogP contribution in [0.2, 0.25) is 0 Å². The van der Waals surface area contributed by atoms with Crippen molar-refractivity contribution in [2.75, 3.05) is 7.05 Å². The number of nitrogens with one attached hydrogen (secondary N) is 1. The van der Waals surface area contributed by atoms with Crippen molar-refractivity contribution in [2.45, 2.75) is 32.2 Å². The molecular weight excluding hydrogens is 422 g/mol. The van der Waals surface area contributed by atoms with Gasteiger partial charge in [0.2, 0.25) is 10.0 Å². The van der Waals surface area contributed by atoms with E-state index in [0.717, 1.165) is 27.8 Å². The van der Waals surface area contributed by atoms with E-state index in [0.29, 0.717) is 5.56 Å². The minimum Gasteiger partial charge on any atom is -0.267 e. The summed E-state index contributed by atoms with van der Waals surface area (Å²) in [5.74, 6) is -0.335. The molecule has 0 aliphatic carbocycles. The molecule has 0 bridgehead atoms. The average Bonchev–Trinajstić information content (AvgIpc) is 2.76. The van der Waals surface area contributed by atoms with Crippen LogP contribution in [0.15, 0.2) is 76.7 Å². The smallest absolute Gasteiger partial charge is 0.267 e. The van der Waals surface area contributed by atoms with Gasteiger partial charge in [0.05, 0.1) is 11.1 Å². The summed E-state index contributed by atoms with van der Waals surface area (Å²) in [6, 6.07) is 19.6. The molecule has 3 aromatic rings. The van der Waals surface area contributed by atoms with Gasteiger partial charge < -0.3 is 0 Å². The van der Waals surface area contributed by atoms with E-state index in [4.69, 9.17) is 0 Å². The van der Waals surface area contributed by atoms with E-state index in [-0.39, 0.29) is 17.3 Å². The van der Waals surface area contributed by atoms with Gasteiger partial charge in [0.1, 0.15) is 0 Å². The van der Waals surface area contributed by atoms with E-state index in [9.17, 15) is 13.2 Å². The van der Waals surface area contributed by atoms with Crippen molar-refractivity contribution < 1.29 is 13.2 Å². The van der Waals surface area contributed by atoms with Crippen LogP contribution in [-0.4, -0.2) is 31.9 Å². The minimum atomic E-state index is -3.59. The van der Waals surface area contributed by atoms with Crippen LogP contribution >= 0.6 is 0 Å². The Morgan fingerprint density at radius 1 is 0.938 bits per heavy atom. The first kappa shape index (κ1) is 23.4. The quantitative estimate of drug-likeness (QED) is 0.434. The predicted molar refractivity (Wildman–Crippen MR) is 127 cm³/mol. The van der Waals surface area contributed by atoms with E-state index in [1.54, 1.807) is 54.7 Å². The van der Waals surface area contributed by atoms with Crippen molar-refractivity contribution in [3.8, 4) is 0 Å². The normalized spacial score (nSPS) is 11.8. The van der Waals surface area contributed by atoms with Crippen molar-refractivity contribution >= 4 is 22.1 Å². The predicted octanol–water partition coefficient (Wildman–Crippen LogP) is 4.20. The molecule has 0 fully saturated rings. The van der Waals surface area contributed by atoms with Gasteiger partial charge in [0.15, 0.2) is 0 Å². The summed E-state index contributed by atoms with van der Waals surface area (Å²) in [5, 5.41) is 4.05. The Balaban J connectivity index is 1.62. The maximum Gasteiger partial charge on any atom is 0.271 e. The molecule has 0 saturated carbocycles. The Morgan fingerprint density at radius 3 is 2.22 bits per heavy atom. The Labute approximate surface area is 189 Å². The van der Waals surface area contributed by atoms with Gasteiger partial charge in [-0.05, 0) is 61.7 Å². The van der Waals surface area contributed by atoms with Crippen molar-refractivity contribution in [3.63, 3.8) is 0 Å². The second-order valence-electron chi connectivity index (χ2n) is 7.83. The number of amides is 1. The number of hydrogen-bond acceptors (Lipinski definition) is 4. The lowest BCUT2D eigenvalue weighted by molar-refractivity contribution is 0.0955. The summed E-state index contributed by atoms with van der Waals surface area (Å²) >= 11 is 0. The van der Waals surface area contributed by atoms with Gasteiger partial charge in [-0.15, -0.1) is 0 Å². The highest BCUT2D eigenvalue weighted by Gasteiger charge is 2.20. The van der Waals surface area contributed by atoms with Gasteiger partial charge >= 0.3 is 0 Å². The Hall–Kier alpha value is -3.29. The number of hydrogen-bond donors (Lipinski definition) is 1. The second kappa shape index (κ2) is 9.89. The van der Waals surface area contributed by atoms with Crippen LogP contribution in [0, 0.1) is 20.8 Å². The summed E-state index contributed by atoms with van der Waals surface area (Å²) in [5.41, 5.74) is 7.88. The highest BCUT2D eigenvalue weighted by atomic mass is 32.2. The second-order valence-corrected chi connectivity index (χ2v) is 9.88. The van der Waals surface area contributed by atoms with Crippen LogP contribution in [-0.2, 0) is 16.6 Å². The van der Waals surface area contributed by atoms with Crippen LogP contribution in [0.5, 0.6) is 0 Å². The number of hydrazone groups is 1. The van der Waals surface area contributed by atoms with Crippen molar-refractivity contribution in [2.24, 2.45) is 5.10 Å². The van der Waals surface area contributed by atoms with Gasteiger partial charge in [-0.25, -0.2) is 13.8 Å². The lowest BCUT2D eigenvalue weighted by Crippen LogP contribution is -2.26. The molecule has 7 heteroatoms. The SMILES string of the molecule is Cc1ccc(S(=O)(=O)N(C)Cc2ccc(C(=O)N/N=C\c3cc(C)ccc3C)cc2)cc1. The molecule has 1 N–H and O–H groups in total. The molecule has 0 heterocycles. The van der Waals surface area contributed by atoms with Crippen LogP contribution < -0.4 is 5.43 Å². The topological polar surface area (TPSA) is 78.8 Å². The Morgan fingerprint density at radius 2 is 1.56 bits per heavy atom. The zero-order valence-corrected chi connectivity index (χ0v) is 19.5. The lowest BCUT2D eigenvalue weighted by atomic mass is 10.1. The number of aryl methyl sites for hydroxylation is 3. The summed E-state index contributed by atoms with van der Waals surface area (Å²) < 4.78 is 26.8. The zero-order valence-electron chi connectivity index (χ0n) is 18.7. The highest BCUT2D eigenvalue weighted by Crippen LogP contribution is 2.18. The Kier molecular flexibility index (Phi) is 7.22. The van der Waals surface area contributed by atoms with Gasteiger partial charge in [-0.1, -0.05) is 53.6 Å². The lowest BCUT2D eigenvalue weighted by Gasteiger charge is -2.17. The van der Waals surface area contributed by atoms with Crippen LogP contribution in [0.1, 0.15) is 38.2 Å². The van der Waals surface area contributed by atoms with E-state index >= 15 is 0 Å². The van der Waals surface area contributed by atoms with Crippen LogP contribution in [0.4, 0.5) is 0 Å². The maximum atomic E-state index is 12.7. The zero-order chi connectivity index (χ0) is 23.3. The standard InChI is InChI=1S/C25H27N3O3S/c1-18-6-13-24(14-7-18)32(30,31)28(4)17-21-9-11-22(12-10-21)25(29)27-26-16-23-15-19(2)5-8-20(23)3/h5-16H,17H2,1-4H3,(H,27,29)/b26-16-. The van der Waals surface area contributed by atoms with E-state index in [2.05, 4.69) is 10.5 Å². The molecule has 0 saturated heterocycles. The van der Waals surface area contributed by atoms with Crippen LogP contribution in [0.25, 0.3) is 0 Å². The highest BCUT2D eigenvalue weighted by molar-refractivity contribution is 7.89. The molecule has 0 aliphatic heterocycles. The number of carbonyl (C=O) groups is 1. The third-order valence-electron chi connectivity index (χ3n) is 5.15. The summed E-state index contributed by atoms with van der Waals surface area (Å²) in [6.07, 6.45) is 1.62. The van der Waals surface area contributed by atoms with Crippen molar-refractivity contribution in [1.29, 1.82) is 0 Å². The summed E-state index contributed by atoms with van der Waals surface area (Å²) in [7, 11) is -2.05. The van der Waals surface area contributed by atoms with E-state index in [1.165, 1.54) is 11.4 Å². The maximum absolute atomic E-state index is 12.7. The molecule has 0 spiro atoms. The molecule has 3 rings (SSSR count). The fourth-order valence-electron chi connectivity index (χ4n) is 3.12. The van der Waals surface area contributed by atoms with Crippen molar-refractivity contribution in [3.05, 3.63) is 100 Å². The van der Waals surface area contributed by atoms with E-state index in [1.807, 2.05) is 39.0 Å². The first-order valence-corrected chi connectivity index (χ1v) is 11.6. The monoisotopic (exact) mass is 449 g/mol. The molecule has 0 aromatic heterocycles. The molecule has 1 amide bonds. The number of rotatable bonds is 7. The molecule has 6 nitrogen and oxygen atoms in total. The van der Waals surface area contributed by atoms with E-state index < -0.39 is 10.0 Å². The van der Waals surface area contributed by atoms with Gasteiger partial charge in [0.25, 0.3) is 5.91 Å². The summed E-state index contributed by atoms with van der Waals surface area (Å²) in [6.45, 7) is 6.09. The first-order valence-electron chi connectivity index (χ1n) is 10.2. The molecule has 0 radical (unpaired) electrons. The number of benzene rings is 3. The average molecular weight is 450 g/mol. The molecule has 0 unspecified atom stereocenters. The van der Waals surface area contributed by atoms with Gasteiger partial charge in [0, 0.05) is 19.2 Å². The molecular formula is C25H27N3O3S. The molecule has 3 aromatic carbocycles.